The zero-order valence-corrected chi connectivity index (χ0v) is 15.3. The van der Waals surface area contributed by atoms with Crippen LogP contribution in [-0.4, -0.2) is 23.9 Å². The Morgan fingerprint density at radius 3 is 2.50 bits per heavy atom. The first-order chi connectivity index (χ1) is 12.5. The first-order valence-corrected chi connectivity index (χ1v) is 8.67. The minimum absolute atomic E-state index is 0.0528. The van der Waals surface area contributed by atoms with Crippen molar-refractivity contribution >= 4 is 17.5 Å². The van der Waals surface area contributed by atoms with Crippen molar-refractivity contribution in [2.45, 2.75) is 33.2 Å². The smallest absolute Gasteiger partial charge is 0.251 e. The van der Waals surface area contributed by atoms with Gasteiger partial charge in [-0.25, -0.2) is 0 Å². The molecule has 0 radical (unpaired) electrons. The Kier molecular flexibility index (Phi) is 5.21. The molecule has 0 spiro atoms. The quantitative estimate of drug-likeness (QED) is 0.837. The van der Waals surface area contributed by atoms with E-state index in [2.05, 4.69) is 15.6 Å². The number of pyridine rings is 1. The number of nitrogens with one attached hydrogen (secondary N) is 2. The third-order valence-electron chi connectivity index (χ3n) is 4.53. The van der Waals surface area contributed by atoms with Crippen LogP contribution in [0.1, 0.15) is 40.0 Å². The van der Waals surface area contributed by atoms with Gasteiger partial charge in [0, 0.05) is 34.5 Å². The maximum absolute atomic E-state index is 12.3. The number of anilines is 1. The summed E-state index contributed by atoms with van der Waals surface area (Å²) in [4.78, 5) is 28.5. The van der Waals surface area contributed by atoms with Crippen molar-refractivity contribution < 1.29 is 14.3 Å². The highest BCUT2D eigenvalue weighted by Crippen LogP contribution is 2.30. The van der Waals surface area contributed by atoms with Gasteiger partial charge in [-0.15, -0.1) is 0 Å². The topological polar surface area (TPSA) is 80.3 Å². The van der Waals surface area contributed by atoms with Gasteiger partial charge < -0.3 is 15.4 Å². The molecule has 1 aliphatic carbocycles. The van der Waals surface area contributed by atoms with Crippen molar-refractivity contribution in [2.24, 2.45) is 5.92 Å². The van der Waals surface area contributed by atoms with Crippen LogP contribution in [0.25, 0.3) is 0 Å². The van der Waals surface area contributed by atoms with E-state index in [0.29, 0.717) is 17.8 Å². The molecule has 2 aromatic rings. The lowest BCUT2D eigenvalue weighted by Gasteiger charge is -2.13. The fourth-order valence-electron chi connectivity index (χ4n) is 2.81. The molecular formula is C20H23N3O3. The zero-order chi connectivity index (χ0) is 18.7. The Hall–Kier alpha value is -2.89. The van der Waals surface area contributed by atoms with E-state index in [-0.39, 0.29) is 17.7 Å². The lowest BCUT2D eigenvalue weighted by atomic mass is 10.1. The molecule has 6 nitrogen and oxygen atoms in total. The van der Waals surface area contributed by atoms with Crippen LogP contribution in [0.5, 0.6) is 5.75 Å². The molecule has 136 valence electrons. The second-order valence-corrected chi connectivity index (χ2v) is 6.57. The SMILES string of the molecule is COc1c(C)cnc(CNC(=O)c2ccc(NC(=O)C3CC3)cc2)c1C. The Labute approximate surface area is 153 Å². The first-order valence-electron chi connectivity index (χ1n) is 8.67. The van der Waals surface area contributed by atoms with E-state index >= 15 is 0 Å². The Balaban J connectivity index is 1.60. The normalized spacial score (nSPS) is 13.2. The highest BCUT2D eigenvalue weighted by atomic mass is 16.5. The number of nitrogens with zero attached hydrogens (tertiary/aromatic N) is 1. The fraction of sp³-hybridized carbons (Fsp3) is 0.350. The van der Waals surface area contributed by atoms with E-state index in [0.717, 1.165) is 35.4 Å². The van der Waals surface area contributed by atoms with Crippen molar-refractivity contribution in [1.82, 2.24) is 10.3 Å². The highest BCUT2D eigenvalue weighted by Gasteiger charge is 2.29. The third-order valence-corrected chi connectivity index (χ3v) is 4.53. The van der Waals surface area contributed by atoms with Crippen LogP contribution in [0.4, 0.5) is 5.69 Å². The second kappa shape index (κ2) is 7.56. The second-order valence-electron chi connectivity index (χ2n) is 6.57. The van der Waals surface area contributed by atoms with E-state index < -0.39 is 0 Å². The summed E-state index contributed by atoms with van der Waals surface area (Å²) < 4.78 is 5.39. The molecule has 6 heteroatoms. The van der Waals surface area contributed by atoms with E-state index in [1.54, 1.807) is 37.6 Å². The van der Waals surface area contributed by atoms with Gasteiger partial charge >= 0.3 is 0 Å². The molecule has 1 aliphatic rings. The molecule has 0 saturated heterocycles. The summed E-state index contributed by atoms with van der Waals surface area (Å²) in [6.45, 7) is 4.18. The van der Waals surface area contributed by atoms with Crippen LogP contribution in [0.2, 0.25) is 0 Å². The monoisotopic (exact) mass is 353 g/mol. The summed E-state index contributed by atoms with van der Waals surface area (Å²) in [5, 5.41) is 5.73. The Morgan fingerprint density at radius 1 is 1.19 bits per heavy atom. The van der Waals surface area contributed by atoms with Crippen LogP contribution >= 0.6 is 0 Å². The summed E-state index contributed by atoms with van der Waals surface area (Å²) >= 11 is 0. The standard InChI is InChI=1S/C20H23N3O3/c1-12-10-21-17(13(2)18(12)26-3)11-22-19(24)14-6-8-16(9-7-14)23-20(25)15-4-5-15/h6-10,15H,4-5,11H2,1-3H3,(H,22,24)(H,23,25). The average Bonchev–Trinajstić information content (AvgIpc) is 3.47. The predicted octanol–water partition coefficient (Wildman–Crippen LogP) is 2.99. The number of aromatic nitrogens is 1. The van der Waals surface area contributed by atoms with Crippen molar-refractivity contribution in [2.75, 3.05) is 12.4 Å². The molecule has 1 saturated carbocycles. The number of amides is 2. The van der Waals surface area contributed by atoms with Crippen molar-refractivity contribution in [1.29, 1.82) is 0 Å². The van der Waals surface area contributed by atoms with Gasteiger partial charge in [-0.1, -0.05) is 0 Å². The molecule has 0 unspecified atom stereocenters. The number of ether oxygens (including phenoxy) is 1. The molecular weight excluding hydrogens is 330 g/mol. The van der Waals surface area contributed by atoms with Gasteiger partial charge in [-0.2, -0.15) is 0 Å². The average molecular weight is 353 g/mol. The van der Waals surface area contributed by atoms with Crippen molar-refractivity contribution in [3.8, 4) is 5.75 Å². The van der Waals surface area contributed by atoms with Crippen LogP contribution in [0, 0.1) is 19.8 Å². The fourth-order valence-corrected chi connectivity index (χ4v) is 2.81. The molecule has 1 fully saturated rings. The number of hydrogen-bond donors (Lipinski definition) is 2. The number of hydrogen-bond acceptors (Lipinski definition) is 4. The maximum atomic E-state index is 12.3. The van der Waals surface area contributed by atoms with Gasteiger partial charge in [-0.3, -0.25) is 14.6 Å². The van der Waals surface area contributed by atoms with Crippen LogP contribution in [-0.2, 0) is 11.3 Å². The molecule has 1 heterocycles. The van der Waals surface area contributed by atoms with Crippen molar-refractivity contribution in [3.05, 3.63) is 52.8 Å². The number of aryl methyl sites for hydroxylation is 1. The van der Waals surface area contributed by atoms with E-state index in [9.17, 15) is 9.59 Å². The number of carbonyl (C=O) groups excluding carboxylic acids is 2. The highest BCUT2D eigenvalue weighted by molar-refractivity contribution is 5.96. The van der Waals surface area contributed by atoms with Crippen molar-refractivity contribution in [3.63, 3.8) is 0 Å². The molecule has 3 rings (SSSR count). The minimum Gasteiger partial charge on any atom is -0.496 e. The van der Waals surface area contributed by atoms with Gasteiger partial charge in [0.1, 0.15) is 5.75 Å². The van der Waals surface area contributed by atoms with E-state index in [1.165, 1.54) is 0 Å². The summed E-state index contributed by atoms with van der Waals surface area (Å²) in [5.41, 5.74) is 3.90. The largest absolute Gasteiger partial charge is 0.496 e. The number of rotatable bonds is 6. The van der Waals surface area contributed by atoms with E-state index in [4.69, 9.17) is 4.74 Å². The maximum Gasteiger partial charge on any atom is 0.251 e. The van der Waals surface area contributed by atoms with Crippen LogP contribution in [0.3, 0.4) is 0 Å². The summed E-state index contributed by atoms with van der Waals surface area (Å²) in [5.74, 6) is 0.808. The summed E-state index contributed by atoms with van der Waals surface area (Å²) in [6.07, 6.45) is 3.66. The molecule has 2 N–H and O–H groups in total. The zero-order valence-electron chi connectivity index (χ0n) is 15.3. The van der Waals surface area contributed by atoms with Crippen LogP contribution < -0.4 is 15.4 Å². The van der Waals surface area contributed by atoms with Gasteiger partial charge in [0.15, 0.2) is 0 Å². The Morgan fingerprint density at radius 2 is 1.88 bits per heavy atom. The molecule has 2 amide bonds. The van der Waals surface area contributed by atoms with Gasteiger partial charge in [0.05, 0.1) is 19.3 Å². The lowest BCUT2D eigenvalue weighted by molar-refractivity contribution is -0.117. The Bertz CT molecular complexity index is 827. The lowest BCUT2D eigenvalue weighted by Crippen LogP contribution is -2.24. The molecule has 1 aromatic carbocycles. The van der Waals surface area contributed by atoms with Gasteiger partial charge in [-0.05, 0) is 51.0 Å². The molecule has 0 aliphatic heterocycles. The molecule has 0 bridgehead atoms. The van der Waals surface area contributed by atoms with E-state index in [1.807, 2.05) is 13.8 Å². The summed E-state index contributed by atoms with van der Waals surface area (Å²) in [7, 11) is 1.63. The predicted molar refractivity (Wildman–Crippen MR) is 99.2 cm³/mol. The number of methoxy groups -OCH3 is 1. The number of benzene rings is 1. The number of carbonyl (C=O) groups is 2. The molecule has 0 atom stereocenters. The molecule has 26 heavy (non-hydrogen) atoms. The third kappa shape index (κ3) is 4.02. The summed E-state index contributed by atoms with van der Waals surface area (Å²) in [6, 6.07) is 6.89. The van der Waals surface area contributed by atoms with Gasteiger partial charge in [0.2, 0.25) is 5.91 Å². The molecule has 1 aromatic heterocycles. The first kappa shape index (κ1) is 17.9. The minimum atomic E-state index is -0.189. The van der Waals surface area contributed by atoms with Crippen LogP contribution in [0.15, 0.2) is 30.5 Å². The van der Waals surface area contributed by atoms with Gasteiger partial charge in [0.25, 0.3) is 5.91 Å².